The van der Waals surface area contributed by atoms with Crippen molar-refractivity contribution in [3.05, 3.63) is 95.1 Å². The van der Waals surface area contributed by atoms with Crippen LogP contribution in [0.2, 0.25) is 0 Å². The summed E-state index contributed by atoms with van der Waals surface area (Å²) in [6, 6.07) is 19.6. The zero-order valence-electron chi connectivity index (χ0n) is 14.5. The minimum Gasteiger partial charge on any atom is -0.478 e. The van der Waals surface area contributed by atoms with E-state index in [1.807, 2.05) is 0 Å². The molecule has 4 aromatic carbocycles. The molecule has 5 nitrogen and oxygen atoms in total. The maximum absolute atomic E-state index is 13.3. The summed E-state index contributed by atoms with van der Waals surface area (Å²) in [5, 5.41) is 20.9. The Labute approximate surface area is 159 Å². The number of hydrogen-bond acceptors (Lipinski definition) is 3. The first-order chi connectivity index (χ1) is 13.5. The maximum Gasteiger partial charge on any atom is 0.336 e. The highest BCUT2D eigenvalue weighted by Gasteiger charge is 2.20. The molecule has 0 aromatic heterocycles. The lowest BCUT2D eigenvalue weighted by atomic mass is 9.91. The highest BCUT2D eigenvalue weighted by molar-refractivity contribution is 6.24. The van der Waals surface area contributed by atoms with Crippen LogP contribution < -0.4 is 0 Å². The van der Waals surface area contributed by atoms with Gasteiger partial charge in [-0.2, -0.15) is 0 Å². The average Bonchev–Trinajstić information content (AvgIpc) is 2.71. The van der Waals surface area contributed by atoms with Gasteiger partial charge >= 0.3 is 11.9 Å². The molecule has 0 radical (unpaired) electrons. The Bertz CT molecular complexity index is 1190. The van der Waals surface area contributed by atoms with Crippen LogP contribution in [0.1, 0.15) is 36.6 Å². The summed E-state index contributed by atoms with van der Waals surface area (Å²) < 4.78 is 0. The van der Waals surface area contributed by atoms with Gasteiger partial charge in [0.15, 0.2) is 5.78 Å². The average molecular weight is 370 g/mol. The van der Waals surface area contributed by atoms with Gasteiger partial charge in [-0.05, 0) is 45.8 Å². The predicted molar refractivity (Wildman–Crippen MR) is 105 cm³/mol. The highest BCUT2D eigenvalue weighted by atomic mass is 16.4. The minimum atomic E-state index is -1.06. The van der Waals surface area contributed by atoms with Gasteiger partial charge < -0.3 is 10.2 Å². The van der Waals surface area contributed by atoms with E-state index in [0.29, 0.717) is 32.7 Å². The second kappa shape index (κ2) is 6.63. The molecule has 0 amide bonds. The van der Waals surface area contributed by atoms with E-state index in [9.17, 15) is 24.6 Å². The van der Waals surface area contributed by atoms with Gasteiger partial charge in [-0.25, -0.2) is 9.59 Å². The molecule has 0 unspecified atom stereocenters. The molecule has 136 valence electrons. The Morgan fingerprint density at radius 2 is 0.750 bits per heavy atom. The summed E-state index contributed by atoms with van der Waals surface area (Å²) in [6.45, 7) is 0. The van der Waals surface area contributed by atoms with Gasteiger partial charge in [0.1, 0.15) is 0 Å². The molecule has 0 aliphatic heterocycles. The fourth-order valence-electron chi connectivity index (χ4n) is 3.51. The van der Waals surface area contributed by atoms with Crippen molar-refractivity contribution in [2.75, 3.05) is 0 Å². The van der Waals surface area contributed by atoms with Crippen LogP contribution in [0.5, 0.6) is 0 Å². The SMILES string of the molecule is O=C(O)c1ccc(C(=O)c2ccc(C(=O)O)c3ccccc23)c2ccccc12. The standard InChI is InChI=1S/C23H14O5/c24-21(17-9-11-19(22(25)26)15-7-3-1-5-13(15)17)18-10-12-20(23(27)28)16-8-4-2-6-14(16)18/h1-12H,(H,25,26)(H,27,28). The van der Waals surface area contributed by atoms with Gasteiger partial charge in [-0.15, -0.1) is 0 Å². The van der Waals surface area contributed by atoms with E-state index < -0.39 is 11.9 Å². The molecule has 0 spiro atoms. The molecule has 28 heavy (non-hydrogen) atoms. The van der Waals surface area contributed by atoms with Crippen molar-refractivity contribution in [1.29, 1.82) is 0 Å². The van der Waals surface area contributed by atoms with Gasteiger partial charge in [0, 0.05) is 11.1 Å². The zero-order valence-corrected chi connectivity index (χ0v) is 14.5. The van der Waals surface area contributed by atoms with E-state index in [0.717, 1.165) is 0 Å². The first-order valence-electron chi connectivity index (χ1n) is 8.54. The second-order valence-electron chi connectivity index (χ2n) is 6.35. The van der Waals surface area contributed by atoms with Crippen LogP contribution in [-0.2, 0) is 0 Å². The van der Waals surface area contributed by atoms with Crippen molar-refractivity contribution >= 4 is 39.3 Å². The second-order valence-corrected chi connectivity index (χ2v) is 6.35. The molecule has 0 saturated heterocycles. The van der Waals surface area contributed by atoms with Crippen molar-refractivity contribution in [2.24, 2.45) is 0 Å². The molecule has 0 heterocycles. The van der Waals surface area contributed by atoms with E-state index in [2.05, 4.69) is 0 Å². The van der Waals surface area contributed by atoms with Crippen molar-refractivity contribution in [3.63, 3.8) is 0 Å². The fraction of sp³-hybridized carbons (Fsp3) is 0. The van der Waals surface area contributed by atoms with Crippen LogP contribution in [-0.4, -0.2) is 27.9 Å². The van der Waals surface area contributed by atoms with Gasteiger partial charge in [0.05, 0.1) is 11.1 Å². The van der Waals surface area contributed by atoms with E-state index in [-0.39, 0.29) is 16.9 Å². The van der Waals surface area contributed by atoms with E-state index in [1.165, 1.54) is 24.3 Å². The van der Waals surface area contributed by atoms with Crippen molar-refractivity contribution in [2.45, 2.75) is 0 Å². The van der Waals surface area contributed by atoms with Crippen LogP contribution in [0.25, 0.3) is 21.5 Å². The maximum atomic E-state index is 13.3. The number of hydrogen-bond donors (Lipinski definition) is 2. The van der Waals surface area contributed by atoms with Crippen molar-refractivity contribution < 1.29 is 24.6 Å². The largest absolute Gasteiger partial charge is 0.478 e. The lowest BCUT2D eigenvalue weighted by molar-refractivity contribution is 0.0688. The van der Waals surface area contributed by atoms with E-state index in [4.69, 9.17) is 0 Å². The molecule has 4 aromatic rings. The minimum absolute atomic E-state index is 0.123. The first kappa shape index (κ1) is 17.4. The molecule has 0 atom stereocenters. The van der Waals surface area contributed by atoms with Crippen LogP contribution >= 0.6 is 0 Å². The molecule has 5 heteroatoms. The molecule has 0 fully saturated rings. The van der Waals surface area contributed by atoms with E-state index >= 15 is 0 Å². The lowest BCUT2D eigenvalue weighted by Gasteiger charge is -2.11. The molecule has 0 saturated carbocycles. The highest BCUT2D eigenvalue weighted by Crippen LogP contribution is 2.29. The van der Waals surface area contributed by atoms with Crippen LogP contribution in [0.3, 0.4) is 0 Å². The summed E-state index contributed by atoms with van der Waals surface area (Å²) in [7, 11) is 0. The van der Waals surface area contributed by atoms with E-state index in [1.54, 1.807) is 48.5 Å². The zero-order chi connectivity index (χ0) is 19.8. The number of ketones is 1. The normalized spacial score (nSPS) is 10.9. The molecule has 4 rings (SSSR count). The Morgan fingerprint density at radius 3 is 1.07 bits per heavy atom. The Balaban J connectivity index is 1.97. The Hall–Kier alpha value is -3.99. The smallest absolute Gasteiger partial charge is 0.336 e. The van der Waals surface area contributed by atoms with Crippen molar-refractivity contribution in [1.82, 2.24) is 0 Å². The summed E-state index contributed by atoms with van der Waals surface area (Å²) in [5.41, 5.74) is 0.985. The van der Waals surface area contributed by atoms with Crippen LogP contribution in [0, 0.1) is 0 Å². The Morgan fingerprint density at radius 1 is 0.464 bits per heavy atom. The Kier molecular flexibility index (Phi) is 4.12. The number of aromatic carboxylic acids is 2. The summed E-state index contributed by atoms with van der Waals surface area (Å²) in [6.07, 6.45) is 0. The molecular formula is C23H14O5. The molecule has 0 bridgehead atoms. The number of benzene rings is 4. The number of fused-ring (bicyclic) bond motifs is 2. The quantitative estimate of drug-likeness (QED) is 0.512. The third kappa shape index (κ3) is 2.70. The third-order valence-corrected chi connectivity index (χ3v) is 4.80. The number of rotatable bonds is 4. The summed E-state index contributed by atoms with van der Waals surface area (Å²) in [4.78, 5) is 36.3. The topological polar surface area (TPSA) is 91.7 Å². The predicted octanol–water partition coefficient (Wildman–Crippen LogP) is 4.62. The molecule has 0 aliphatic rings. The summed E-state index contributed by atoms with van der Waals surface area (Å²) >= 11 is 0. The van der Waals surface area contributed by atoms with Gasteiger partial charge in [0.25, 0.3) is 0 Å². The number of carboxylic acids is 2. The van der Waals surface area contributed by atoms with Crippen molar-refractivity contribution in [3.8, 4) is 0 Å². The fourth-order valence-corrected chi connectivity index (χ4v) is 3.51. The molecule has 0 aliphatic carbocycles. The number of carbonyl (C=O) groups excluding carboxylic acids is 1. The van der Waals surface area contributed by atoms with Crippen LogP contribution in [0.4, 0.5) is 0 Å². The number of carboxylic acid groups (broad SMARTS) is 2. The summed E-state index contributed by atoms with van der Waals surface area (Å²) in [5.74, 6) is -2.42. The van der Waals surface area contributed by atoms with Gasteiger partial charge in [0.2, 0.25) is 0 Å². The first-order valence-corrected chi connectivity index (χ1v) is 8.54. The molecule has 2 N–H and O–H groups in total. The van der Waals surface area contributed by atoms with Gasteiger partial charge in [-0.1, -0.05) is 48.5 Å². The molecular weight excluding hydrogens is 356 g/mol. The van der Waals surface area contributed by atoms with Crippen LogP contribution in [0.15, 0.2) is 72.8 Å². The van der Waals surface area contributed by atoms with Gasteiger partial charge in [-0.3, -0.25) is 4.79 Å². The lowest BCUT2D eigenvalue weighted by Crippen LogP contribution is -2.07. The number of carbonyl (C=O) groups is 3. The third-order valence-electron chi connectivity index (χ3n) is 4.80. The monoisotopic (exact) mass is 370 g/mol.